The van der Waals surface area contributed by atoms with Crippen LogP contribution in [-0.2, 0) is 0 Å². The van der Waals surface area contributed by atoms with Crippen LogP contribution in [0.4, 0.5) is 4.39 Å². The minimum Gasteiger partial charge on any atom is -0.302 e. The Balaban J connectivity index is 1.70. The van der Waals surface area contributed by atoms with Gasteiger partial charge in [-0.2, -0.15) is 10.5 Å². The second-order valence-corrected chi connectivity index (χ2v) is 8.02. The molecule has 1 aromatic carbocycles. The number of fused-ring (bicyclic) bond motifs is 3. The van der Waals surface area contributed by atoms with Gasteiger partial charge in [0, 0.05) is 47.9 Å². The zero-order valence-electron chi connectivity index (χ0n) is 17.6. The van der Waals surface area contributed by atoms with Crippen molar-refractivity contribution in [3.63, 3.8) is 0 Å². The van der Waals surface area contributed by atoms with Crippen molar-refractivity contribution in [3.05, 3.63) is 64.7 Å². The second-order valence-electron chi connectivity index (χ2n) is 8.02. The number of hydrogen-bond acceptors (Lipinski definition) is 7. The topological polar surface area (TPSA) is 111 Å². The molecule has 1 fully saturated rings. The first kappa shape index (κ1) is 20.7. The van der Waals surface area contributed by atoms with Gasteiger partial charge in [-0.1, -0.05) is 0 Å². The Morgan fingerprint density at radius 2 is 1.82 bits per heavy atom. The molecule has 1 saturated heterocycles. The number of aromatic nitrogens is 4. The van der Waals surface area contributed by atoms with Gasteiger partial charge in [0.2, 0.25) is 0 Å². The van der Waals surface area contributed by atoms with Crippen LogP contribution in [0.2, 0.25) is 0 Å². The molecular formula is C24H18FN7O. The number of halogens is 1. The Morgan fingerprint density at radius 3 is 2.52 bits per heavy atom. The predicted molar refractivity (Wildman–Crippen MR) is 120 cm³/mol. The van der Waals surface area contributed by atoms with Crippen LogP contribution in [0, 0.1) is 28.5 Å². The van der Waals surface area contributed by atoms with E-state index >= 15 is 0 Å². The van der Waals surface area contributed by atoms with Crippen LogP contribution in [0.25, 0.3) is 33.1 Å². The van der Waals surface area contributed by atoms with Crippen LogP contribution in [-0.4, -0.2) is 44.1 Å². The highest BCUT2D eigenvalue weighted by Gasteiger charge is 2.24. The van der Waals surface area contributed by atoms with E-state index in [9.17, 15) is 9.18 Å². The molecule has 0 saturated carbocycles. The van der Waals surface area contributed by atoms with Crippen LogP contribution >= 0.6 is 0 Å². The van der Waals surface area contributed by atoms with Crippen molar-refractivity contribution in [2.75, 3.05) is 19.6 Å². The molecule has 4 heterocycles. The molecule has 0 spiro atoms. The lowest BCUT2D eigenvalue weighted by Gasteiger charge is -2.32. The summed E-state index contributed by atoms with van der Waals surface area (Å²) in [5, 5.41) is 18.6. The summed E-state index contributed by atoms with van der Waals surface area (Å²) in [5.74, 6) is -0.469. The van der Waals surface area contributed by atoms with E-state index < -0.39 is 5.82 Å². The van der Waals surface area contributed by atoms with Crippen molar-refractivity contribution in [1.29, 1.82) is 10.5 Å². The van der Waals surface area contributed by atoms with Gasteiger partial charge in [0.05, 0.1) is 36.0 Å². The van der Waals surface area contributed by atoms with Gasteiger partial charge in [-0.05, 0) is 31.0 Å². The van der Waals surface area contributed by atoms with Crippen LogP contribution in [0.15, 0.2) is 47.7 Å². The molecule has 0 bridgehead atoms. The molecule has 1 aliphatic rings. The fourth-order valence-corrected chi connectivity index (χ4v) is 4.47. The van der Waals surface area contributed by atoms with E-state index in [-0.39, 0.29) is 17.3 Å². The highest BCUT2D eigenvalue weighted by molar-refractivity contribution is 6.03. The van der Waals surface area contributed by atoms with Crippen LogP contribution < -0.4 is 5.56 Å². The Labute approximate surface area is 188 Å². The van der Waals surface area contributed by atoms with Gasteiger partial charge in [-0.15, -0.1) is 0 Å². The van der Waals surface area contributed by atoms with E-state index in [1.165, 1.54) is 24.5 Å². The average molecular weight is 439 g/mol. The predicted octanol–water partition coefficient (Wildman–Crippen LogP) is 3.18. The Kier molecular flexibility index (Phi) is 5.25. The molecule has 5 rings (SSSR count). The standard InChI is InChI=1S/C24H18FN7O/c25-20-10-21-19(9-18(20)15-1-2-16(11-27)28-12-15)24-22(13-29-21)30-14-23(33)32(24)17-3-6-31(7-4-17)8-5-26/h1-2,9-10,12-14,17H,3-4,6-8H2. The smallest absolute Gasteiger partial charge is 0.269 e. The Hall–Kier alpha value is -4.21. The maximum Gasteiger partial charge on any atom is 0.269 e. The molecule has 1 aliphatic heterocycles. The third-order valence-corrected chi connectivity index (χ3v) is 6.11. The Bertz CT molecular complexity index is 1510. The van der Waals surface area contributed by atoms with E-state index in [0.717, 1.165) is 12.8 Å². The first-order valence-corrected chi connectivity index (χ1v) is 10.5. The van der Waals surface area contributed by atoms with Gasteiger partial charge in [0.15, 0.2) is 0 Å². The molecule has 9 heteroatoms. The fourth-order valence-electron chi connectivity index (χ4n) is 4.47. The molecule has 162 valence electrons. The average Bonchev–Trinajstić information content (AvgIpc) is 2.84. The Morgan fingerprint density at radius 1 is 1.03 bits per heavy atom. The van der Waals surface area contributed by atoms with E-state index in [0.29, 0.717) is 52.7 Å². The second kappa shape index (κ2) is 8.38. The minimum atomic E-state index is -0.469. The molecule has 0 atom stereocenters. The van der Waals surface area contributed by atoms with Crippen molar-refractivity contribution in [2.24, 2.45) is 0 Å². The summed E-state index contributed by atoms with van der Waals surface area (Å²) in [6.45, 7) is 1.80. The van der Waals surface area contributed by atoms with Crippen LogP contribution in [0.3, 0.4) is 0 Å². The summed E-state index contributed by atoms with van der Waals surface area (Å²) in [6, 6.07) is 10.3. The number of likely N-dealkylation sites (tertiary alicyclic amines) is 1. The lowest BCUT2D eigenvalue weighted by Crippen LogP contribution is -2.37. The quantitative estimate of drug-likeness (QED) is 0.356. The van der Waals surface area contributed by atoms with Crippen molar-refractivity contribution < 1.29 is 4.39 Å². The molecule has 0 amide bonds. The highest BCUT2D eigenvalue weighted by atomic mass is 19.1. The highest BCUT2D eigenvalue weighted by Crippen LogP contribution is 2.32. The third kappa shape index (κ3) is 3.69. The van der Waals surface area contributed by atoms with Gasteiger partial charge in [-0.3, -0.25) is 14.7 Å². The van der Waals surface area contributed by atoms with Crippen molar-refractivity contribution >= 4 is 21.9 Å². The maximum atomic E-state index is 15.0. The summed E-state index contributed by atoms with van der Waals surface area (Å²) >= 11 is 0. The minimum absolute atomic E-state index is 0.0615. The summed E-state index contributed by atoms with van der Waals surface area (Å²) in [4.78, 5) is 27.7. The SMILES string of the molecule is N#CCN1CCC(n2c(=O)cnc3cnc4cc(F)c(-c5ccc(C#N)nc5)cc4c32)CC1. The van der Waals surface area contributed by atoms with Crippen LogP contribution in [0.5, 0.6) is 0 Å². The molecule has 0 unspecified atom stereocenters. The zero-order valence-corrected chi connectivity index (χ0v) is 17.6. The summed E-state index contributed by atoms with van der Waals surface area (Å²) in [7, 11) is 0. The van der Waals surface area contributed by atoms with Gasteiger partial charge in [-0.25, -0.2) is 14.4 Å². The normalized spacial score (nSPS) is 14.9. The molecule has 33 heavy (non-hydrogen) atoms. The van der Waals surface area contributed by atoms with Gasteiger partial charge < -0.3 is 4.57 Å². The first-order valence-electron chi connectivity index (χ1n) is 10.5. The number of nitriles is 2. The first-order chi connectivity index (χ1) is 16.1. The number of nitrogens with zero attached hydrogens (tertiary/aromatic N) is 7. The molecule has 4 aromatic rings. The molecule has 0 N–H and O–H groups in total. The number of pyridine rings is 2. The van der Waals surface area contributed by atoms with Gasteiger partial charge in [0.1, 0.15) is 23.1 Å². The van der Waals surface area contributed by atoms with Gasteiger partial charge >= 0.3 is 0 Å². The molecule has 3 aromatic heterocycles. The van der Waals surface area contributed by atoms with Crippen molar-refractivity contribution in [3.8, 4) is 23.3 Å². The molecule has 0 radical (unpaired) electrons. The molecule has 8 nitrogen and oxygen atoms in total. The van der Waals surface area contributed by atoms with E-state index in [2.05, 4.69) is 25.9 Å². The van der Waals surface area contributed by atoms with Crippen molar-refractivity contribution in [2.45, 2.75) is 18.9 Å². The lowest BCUT2D eigenvalue weighted by molar-refractivity contribution is 0.205. The fraction of sp³-hybridized carbons (Fsp3) is 0.250. The largest absolute Gasteiger partial charge is 0.302 e. The molecular weight excluding hydrogens is 421 g/mol. The van der Waals surface area contributed by atoms with E-state index in [1.807, 2.05) is 6.07 Å². The maximum absolute atomic E-state index is 15.0. The third-order valence-electron chi connectivity index (χ3n) is 6.11. The summed E-state index contributed by atoms with van der Waals surface area (Å²) < 4.78 is 16.7. The number of rotatable bonds is 3. The van der Waals surface area contributed by atoms with Crippen molar-refractivity contribution in [1.82, 2.24) is 24.4 Å². The zero-order chi connectivity index (χ0) is 22.9. The number of hydrogen-bond donors (Lipinski definition) is 0. The number of piperidine rings is 1. The number of benzene rings is 1. The monoisotopic (exact) mass is 439 g/mol. The lowest BCUT2D eigenvalue weighted by atomic mass is 10.0. The molecule has 0 aliphatic carbocycles. The van der Waals surface area contributed by atoms with E-state index in [4.69, 9.17) is 10.5 Å². The van der Waals surface area contributed by atoms with Crippen LogP contribution in [0.1, 0.15) is 24.6 Å². The van der Waals surface area contributed by atoms with Gasteiger partial charge in [0.25, 0.3) is 5.56 Å². The van der Waals surface area contributed by atoms with E-state index in [1.54, 1.807) is 22.9 Å². The summed E-state index contributed by atoms with van der Waals surface area (Å²) in [6.07, 6.45) is 5.75. The summed E-state index contributed by atoms with van der Waals surface area (Å²) in [5.41, 5.74) is 2.44.